The molecule has 37 heavy (non-hydrogen) atoms. The summed E-state index contributed by atoms with van der Waals surface area (Å²) in [7, 11) is 0. The Bertz CT molecular complexity index is 1390. The Morgan fingerprint density at radius 2 is 1.89 bits per heavy atom. The first kappa shape index (κ1) is 25.3. The molecule has 1 aromatic carbocycles. The van der Waals surface area contributed by atoms with E-state index < -0.39 is 41.6 Å². The van der Waals surface area contributed by atoms with Crippen LogP contribution < -0.4 is 14.8 Å². The van der Waals surface area contributed by atoms with Gasteiger partial charge in [0.15, 0.2) is 23.1 Å². The number of carbonyl (C=O) groups is 1. The van der Waals surface area contributed by atoms with E-state index in [4.69, 9.17) is 0 Å². The molecule has 0 unspecified atom stereocenters. The van der Waals surface area contributed by atoms with Crippen LogP contribution >= 0.6 is 0 Å². The summed E-state index contributed by atoms with van der Waals surface area (Å²) in [6, 6.07) is 6.93. The van der Waals surface area contributed by atoms with Gasteiger partial charge in [0, 0.05) is 17.2 Å². The van der Waals surface area contributed by atoms with E-state index in [1.54, 1.807) is 24.5 Å². The van der Waals surface area contributed by atoms with Crippen LogP contribution in [0.2, 0.25) is 0 Å². The van der Waals surface area contributed by atoms with E-state index in [0.29, 0.717) is 35.1 Å². The van der Waals surface area contributed by atoms with E-state index in [9.17, 15) is 28.9 Å². The summed E-state index contributed by atoms with van der Waals surface area (Å²) in [5.74, 6) is -2.01. The van der Waals surface area contributed by atoms with Gasteiger partial charge in [-0.15, -0.1) is 8.78 Å². The van der Waals surface area contributed by atoms with Crippen LogP contribution in [0.4, 0.5) is 19.0 Å². The van der Waals surface area contributed by atoms with Crippen molar-refractivity contribution >= 4 is 22.8 Å². The second kappa shape index (κ2) is 8.61. The SMILES string of the molecule is CC(C)(CO)c1cc2nc(NC(=O)C3(c4ccc5c(c4)OC(F)(F)O5)CC3)c(F)cc2n1C[C@@H](O)CO. The number of carbonyl (C=O) groups excluding carboxylic acids is 1. The molecule has 1 atom stereocenters. The first-order valence-corrected chi connectivity index (χ1v) is 11.7. The molecule has 1 saturated carbocycles. The second-order valence-corrected chi connectivity index (χ2v) is 10.1. The Morgan fingerprint density at radius 3 is 2.54 bits per heavy atom. The molecule has 1 aliphatic heterocycles. The van der Waals surface area contributed by atoms with Crippen molar-refractivity contribution in [2.75, 3.05) is 18.5 Å². The summed E-state index contributed by atoms with van der Waals surface area (Å²) in [6.45, 7) is 2.72. The third-order valence-corrected chi connectivity index (χ3v) is 6.90. The van der Waals surface area contributed by atoms with Gasteiger partial charge in [0.05, 0.1) is 42.3 Å². The van der Waals surface area contributed by atoms with E-state index in [0.717, 1.165) is 0 Å². The maximum atomic E-state index is 15.2. The van der Waals surface area contributed by atoms with Gasteiger partial charge in [-0.2, -0.15) is 0 Å². The van der Waals surface area contributed by atoms with Crippen LogP contribution in [0.15, 0.2) is 30.3 Å². The van der Waals surface area contributed by atoms with E-state index in [-0.39, 0.29) is 30.5 Å². The lowest BCUT2D eigenvalue weighted by Crippen LogP contribution is -2.29. The second-order valence-electron chi connectivity index (χ2n) is 10.1. The Kier molecular flexibility index (Phi) is 5.89. The zero-order valence-corrected chi connectivity index (χ0v) is 20.1. The minimum atomic E-state index is -3.78. The zero-order chi connectivity index (χ0) is 26.8. The highest BCUT2D eigenvalue weighted by Gasteiger charge is 2.53. The highest BCUT2D eigenvalue weighted by atomic mass is 19.3. The van der Waals surface area contributed by atoms with Crippen molar-refractivity contribution in [2.24, 2.45) is 0 Å². The Balaban J connectivity index is 1.46. The predicted octanol–water partition coefficient (Wildman–Crippen LogP) is 2.79. The van der Waals surface area contributed by atoms with Crippen molar-refractivity contribution in [3.8, 4) is 11.5 Å². The van der Waals surface area contributed by atoms with Crippen molar-refractivity contribution in [3.63, 3.8) is 0 Å². The molecule has 3 aromatic rings. The van der Waals surface area contributed by atoms with E-state index >= 15 is 4.39 Å². The number of nitrogens with zero attached hydrogens (tertiary/aromatic N) is 2. The number of aliphatic hydroxyl groups excluding tert-OH is 3. The molecule has 2 aliphatic rings. The van der Waals surface area contributed by atoms with Crippen LogP contribution in [-0.2, 0) is 22.2 Å². The van der Waals surface area contributed by atoms with E-state index in [2.05, 4.69) is 19.8 Å². The maximum absolute atomic E-state index is 15.2. The third kappa shape index (κ3) is 4.38. The number of halogens is 3. The lowest BCUT2D eigenvalue weighted by molar-refractivity contribution is -0.286. The van der Waals surface area contributed by atoms with Gasteiger partial charge in [-0.25, -0.2) is 9.37 Å². The minimum absolute atomic E-state index is 0.0577. The molecular formula is C25H26F3N3O6. The van der Waals surface area contributed by atoms with Gasteiger partial charge < -0.3 is 34.7 Å². The van der Waals surface area contributed by atoms with Gasteiger partial charge in [-0.1, -0.05) is 19.9 Å². The number of aliphatic hydroxyl groups is 3. The third-order valence-electron chi connectivity index (χ3n) is 6.90. The molecule has 0 radical (unpaired) electrons. The highest BCUT2D eigenvalue weighted by molar-refractivity contribution is 6.01. The topological polar surface area (TPSA) is 126 Å². The van der Waals surface area contributed by atoms with Gasteiger partial charge in [-0.05, 0) is 36.6 Å². The first-order valence-electron chi connectivity index (χ1n) is 11.7. The van der Waals surface area contributed by atoms with Crippen LogP contribution in [0.1, 0.15) is 37.9 Å². The number of nitrogens with one attached hydrogen (secondary N) is 1. The predicted molar refractivity (Wildman–Crippen MR) is 125 cm³/mol. The maximum Gasteiger partial charge on any atom is 0.586 e. The molecule has 9 nitrogen and oxygen atoms in total. The van der Waals surface area contributed by atoms with Crippen molar-refractivity contribution in [3.05, 3.63) is 47.4 Å². The Hall–Kier alpha value is -3.35. The van der Waals surface area contributed by atoms with Crippen LogP contribution in [0.5, 0.6) is 11.5 Å². The number of ether oxygens (including phenoxy) is 2. The van der Waals surface area contributed by atoms with Gasteiger partial charge in [0.2, 0.25) is 5.91 Å². The standard InChI is InChI=1S/C25H26F3N3O6/c1-23(2,12-33)20-9-16-17(31(20)10-14(34)11-32)8-15(26)21(29-16)30-22(35)24(5-6-24)13-3-4-18-19(7-13)37-25(27,28)36-18/h3-4,7-9,14,32-34H,5-6,10-12H2,1-2H3,(H,29,30,35)/t14-/m1/s1. The Labute approximate surface area is 209 Å². The molecule has 12 heteroatoms. The fourth-order valence-corrected chi connectivity index (χ4v) is 4.59. The molecule has 0 spiro atoms. The average Bonchev–Trinajstić information content (AvgIpc) is 3.50. The molecule has 3 heterocycles. The number of anilines is 1. The number of hydrogen-bond donors (Lipinski definition) is 4. The summed E-state index contributed by atoms with van der Waals surface area (Å²) >= 11 is 0. The highest BCUT2D eigenvalue weighted by Crippen LogP contribution is 2.52. The number of fused-ring (bicyclic) bond motifs is 2. The fraction of sp³-hybridized carbons (Fsp3) is 0.440. The number of amides is 1. The summed E-state index contributed by atoms with van der Waals surface area (Å²) in [4.78, 5) is 17.5. The van der Waals surface area contributed by atoms with Gasteiger partial charge in [-0.3, -0.25) is 4.79 Å². The number of rotatable bonds is 8. The first-order chi connectivity index (χ1) is 17.4. The summed E-state index contributed by atoms with van der Waals surface area (Å²) in [6.07, 6.45) is -4.07. The lowest BCUT2D eigenvalue weighted by atomic mass is 9.90. The van der Waals surface area contributed by atoms with Crippen LogP contribution in [0.25, 0.3) is 11.0 Å². The van der Waals surface area contributed by atoms with E-state index in [1.807, 2.05) is 0 Å². The number of hydrogen-bond acceptors (Lipinski definition) is 7. The molecule has 0 bridgehead atoms. The number of alkyl halides is 2. The van der Waals surface area contributed by atoms with Crippen molar-refractivity contribution < 1.29 is 42.8 Å². The van der Waals surface area contributed by atoms with Crippen molar-refractivity contribution in [2.45, 2.75) is 56.5 Å². The molecule has 4 N–H and O–H groups in total. The molecule has 1 aliphatic carbocycles. The van der Waals surface area contributed by atoms with Crippen LogP contribution in [-0.4, -0.2) is 56.4 Å². The normalized spacial score (nSPS) is 18.2. The summed E-state index contributed by atoms with van der Waals surface area (Å²) in [5, 5.41) is 31.7. The monoisotopic (exact) mass is 521 g/mol. The quantitative estimate of drug-likeness (QED) is 0.359. The van der Waals surface area contributed by atoms with Crippen LogP contribution in [0, 0.1) is 5.82 Å². The molecule has 5 rings (SSSR count). The Morgan fingerprint density at radius 1 is 1.19 bits per heavy atom. The summed E-state index contributed by atoms with van der Waals surface area (Å²) < 4.78 is 52.5. The fourth-order valence-electron chi connectivity index (χ4n) is 4.59. The van der Waals surface area contributed by atoms with Gasteiger partial charge >= 0.3 is 6.29 Å². The summed E-state index contributed by atoms with van der Waals surface area (Å²) in [5.41, 5.74) is -0.206. The smallest absolute Gasteiger partial charge is 0.395 e. The number of aromatic nitrogens is 2. The molecule has 1 amide bonds. The van der Waals surface area contributed by atoms with Gasteiger partial charge in [0.25, 0.3) is 0 Å². The van der Waals surface area contributed by atoms with E-state index in [1.165, 1.54) is 24.3 Å². The molecule has 2 aromatic heterocycles. The molecule has 1 fully saturated rings. The average molecular weight is 521 g/mol. The lowest BCUT2D eigenvalue weighted by Gasteiger charge is -2.25. The largest absolute Gasteiger partial charge is 0.586 e. The molecule has 0 saturated heterocycles. The van der Waals surface area contributed by atoms with Crippen molar-refractivity contribution in [1.82, 2.24) is 9.55 Å². The van der Waals surface area contributed by atoms with Crippen molar-refractivity contribution in [1.29, 1.82) is 0 Å². The number of pyridine rings is 1. The minimum Gasteiger partial charge on any atom is -0.395 e. The van der Waals surface area contributed by atoms with Gasteiger partial charge in [0.1, 0.15) is 0 Å². The number of benzene rings is 1. The van der Waals surface area contributed by atoms with Crippen LogP contribution in [0.3, 0.4) is 0 Å². The molecular weight excluding hydrogens is 495 g/mol. The zero-order valence-electron chi connectivity index (χ0n) is 20.1. The molecule has 198 valence electrons.